The summed E-state index contributed by atoms with van der Waals surface area (Å²) in [6, 6.07) is 13.7. The van der Waals surface area contributed by atoms with Gasteiger partial charge in [-0.3, -0.25) is 4.79 Å². The van der Waals surface area contributed by atoms with E-state index in [9.17, 15) is 26.4 Å². The van der Waals surface area contributed by atoms with E-state index in [-0.39, 0.29) is 6.42 Å². The molecule has 1 atom stereocenters. The highest BCUT2D eigenvalue weighted by atomic mass is 32.2. The number of aliphatic carboxylic acids is 2. The van der Waals surface area contributed by atoms with Crippen LogP contribution < -0.4 is 4.72 Å². The zero-order valence-corrected chi connectivity index (χ0v) is 21.5. The number of benzene rings is 2. The highest BCUT2D eigenvalue weighted by Crippen LogP contribution is 2.26. The molecule has 4 N–H and O–H groups in total. The molecule has 1 aromatic heterocycles. The minimum Gasteiger partial charge on any atom is -0.481 e. The molecule has 0 radical (unpaired) electrons. The Morgan fingerprint density at radius 3 is 2.26 bits per heavy atom. The molecule has 208 valence electrons. The standard InChI is InChI=1S/C22H28N4O4S.C2HF3O2/c1-26(2)31(29,30)25-19(10-4-3-5-11-21(27)28)22-23-15-20(24-22)18-13-12-16-8-6-7-9-17(16)14-18;3-2(4,5)1(6)7/h6-9,12-15,19,25H,3-5,10-11H2,1-2H3,(H,23,24)(H,27,28);(H,6,7)/t19-;/m0./s1. The van der Waals surface area contributed by atoms with Gasteiger partial charge in [0.1, 0.15) is 5.82 Å². The number of aromatic nitrogens is 2. The summed E-state index contributed by atoms with van der Waals surface area (Å²) in [5, 5.41) is 18.2. The molecule has 0 unspecified atom stereocenters. The minimum atomic E-state index is -5.08. The van der Waals surface area contributed by atoms with Crippen LogP contribution in [0.5, 0.6) is 0 Å². The Kier molecular flexibility index (Phi) is 10.8. The van der Waals surface area contributed by atoms with Crippen molar-refractivity contribution in [2.24, 2.45) is 0 Å². The molecule has 0 bridgehead atoms. The maximum Gasteiger partial charge on any atom is 0.490 e. The summed E-state index contributed by atoms with van der Waals surface area (Å²) >= 11 is 0. The lowest BCUT2D eigenvalue weighted by Crippen LogP contribution is -2.38. The van der Waals surface area contributed by atoms with Gasteiger partial charge in [0.15, 0.2) is 0 Å². The summed E-state index contributed by atoms with van der Waals surface area (Å²) in [5.74, 6) is -3.05. The Morgan fingerprint density at radius 1 is 1.05 bits per heavy atom. The molecule has 3 rings (SSSR count). The van der Waals surface area contributed by atoms with Crippen molar-refractivity contribution in [2.75, 3.05) is 14.1 Å². The first-order valence-corrected chi connectivity index (χ1v) is 12.9. The van der Waals surface area contributed by atoms with Crippen molar-refractivity contribution in [1.82, 2.24) is 19.0 Å². The van der Waals surface area contributed by atoms with Crippen molar-refractivity contribution in [2.45, 2.75) is 44.3 Å². The van der Waals surface area contributed by atoms with E-state index >= 15 is 0 Å². The topological polar surface area (TPSA) is 153 Å². The number of carboxylic acids is 2. The van der Waals surface area contributed by atoms with Crippen LogP contribution in [-0.2, 0) is 19.8 Å². The van der Waals surface area contributed by atoms with Crippen LogP contribution in [0.4, 0.5) is 13.2 Å². The minimum absolute atomic E-state index is 0.112. The quantitative estimate of drug-likeness (QED) is 0.256. The number of nitrogens with one attached hydrogen (secondary N) is 2. The largest absolute Gasteiger partial charge is 0.490 e. The molecular weight excluding hydrogens is 529 g/mol. The van der Waals surface area contributed by atoms with Crippen LogP contribution in [-0.4, -0.2) is 65.1 Å². The molecule has 38 heavy (non-hydrogen) atoms. The first-order valence-electron chi connectivity index (χ1n) is 11.5. The van der Waals surface area contributed by atoms with Gasteiger partial charge in [0.05, 0.1) is 17.9 Å². The molecule has 0 saturated heterocycles. The highest BCUT2D eigenvalue weighted by molar-refractivity contribution is 7.87. The normalized spacial score (nSPS) is 12.7. The number of H-pyrrole nitrogens is 1. The second kappa shape index (κ2) is 13.3. The van der Waals surface area contributed by atoms with E-state index in [1.54, 1.807) is 6.20 Å². The molecule has 14 heteroatoms. The number of aromatic amines is 1. The molecule has 3 aromatic rings. The predicted molar refractivity (Wildman–Crippen MR) is 134 cm³/mol. The number of hydrogen-bond acceptors (Lipinski definition) is 5. The molecular formula is C24H29F3N4O6S. The molecule has 2 aromatic carbocycles. The van der Waals surface area contributed by atoms with Gasteiger partial charge in [-0.05, 0) is 29.7 Å². The van der Waals surface area contributed by atoms with Crippen LogP contribution >= 0.6 is 0 Å². The number of imidazole rings is 1. The fraction of sp³-hybridized carbons (Fsp3) is 0.375. The summed E-state index contributed by atoms with van der Waals surface area (Å²) in [4.78, 5) is 27.3. The van der Waals surface area contributed by atoms with E-state index in [0.29, 0.717) is 31.5 Å². The number of carbonyl (C=O) groups is 2. The molecule has 0 aliphatic heterocycles. The highest BCUT2D eigenvalue weighted by Gasteiger charge is 2.38. The second-order valence-electron chi connectivity index (χ2n) is 8.50. The van der Waals surface area contributed by atoms with Crippen LogP contribution in [0, 0.1) is 0 Å². The number of nitrogens with zero attached hydrogens (tertiary/aromatic N) is 2. The van der Waals surface area contributed by atoms with E-state index in [4.69, 9.17) is 15.0 Å². The summed E-state index contributed by atoms with van der Waals surface area (Å²) in [6.45, 7) is 0. The van der Waals surface area contributed by atoms with Crippen LogP contribution in [0.15, 0.2) is 48.7 Å². The van der Waals surface area contributed by atoms with E-state index in [2.05, 4.69) is 20.8 Å². The van der Waals surface area contributed by atoms with Crippen molar-refractivity contribution >= 4 is 32.9 Å². The van der Waals surface area contributed by atoms with Gasteiger partial charge in [0.2, 0.25) is 0 Å². The van der Waals surface area contributed by atoms with Gasteiger partial charge in [0, 0.05) is 26.1 Å². The van der Waals surface area contributed by atoms with Crippen LogP contribution in [0.2, 0.25) is 0 Å². The van der Waals surface area contributed by atoms with Crippen molar-refractivity contribution in [1.29, 1.82) is 0 Å². The lowest BCUT2D eigenvalue weighted by Gasteiger charge is -2.20. The van der Waals surface area contributed by atoms with E-state index in [1.165, 1.54) is 14.1 Å². The van der Waals surface area contributed by atoms with Crippen LogP contribution in [0.1, 0.15) is 44.0 Å². The molecule has 0 fully saturated rings. The fourth-order valence-electron chi connectivity index (χ4n) is 3.36. The third-order valence-electron chi connectivity index (χ3n) is 5.38. The van der Waals surface area contributed by atoms with Crippen molar-refractivity contribution in [3.05, 3.63) is 54.5 Å². The van der Waals surface area contributed by atoms with Crippen molar-refractivity contribution in [3.8, 4) is 11.3 Å². The molecule has 1 heterocycles. The first-order chi connectivity index (χ1) is 17.7. The maximum atomic E-state index is 12.4. The Hall–Kier alpha value is -3.49. The molecule has 0 aliphatic carbocycles. The Morgan fingerprint density at radius 2 is 1.68 bits per heavy atom. The molecule has 0 amide bonds. The average Bonchev–Trinajstić information content (AvgIpc) is 3.32. The van der Waals surface area contributed by atoms with Gasteiger partial charge in [-0.1, -0.05) is 49.2 Å². The summed E-state index contributed by atoms with van der Waals surface area (Å²) in [6.07, 6.45) is -0.813. The van der Waals surface area contributed by atoms with E-state index in [1.807, 2.05) is 36.4 Å². The summed E-state index contributed by atoms with van der Waals surface area (Å²) in [5.41, 5.74) is 1.77. The molecule has 0 spiro atoms. The Labute approximate surface area is 217 Å². The molecule has 0 aliphatic rings. The Balaban J connectivity index is 0.000000638. The maximum absolute atomic E-state index is 12.4. The van der Waals surface area contributed by atoms with Gasteiger partial charge < -0.3 is 15.2 Å². The van der Waals surface area contributed by atoms with Gasteiger partial charge >= 0.3 is 18.1 Å². The second-order valence-corrected chi connectivity index (χ2v) is 10.4. The third-order valence-corrected chi connectivity index (χ3v) is 6.93. The van der Waals surface area contributed by atoms with E-state index < -0.39 is 34.4 Å². The number of halogens is 3. The molecule has 10 nitrogen and oxygen atoms in total. The lowest BCUT2D eigenvalue weighted by atomic mass is 10.1. The summed E-state index contributed by atoms with van der Waals surface area (Å²) < 4.78 is 60.4. The SMILES string of the molecule is CN(C)S(=O)(=O)N[C@@H](CCCCCC(=O)O)c1ncc(-c2ccc3ccccc3c2)[nH]1.O=C(O)C(F)(F)F. The molecule has 0 saturated carbocycles. The number of fused-ring (bicyclic) bond motifs is 1. The Bertz CT molecular complexity index is 1340. The van der Waals surface area contributed by atoms with Crippen molar-refractivity contribution < 1.29 is 41.4 Å². The number of hydrogen-bond donors (Lipinski definition) is 4. The average molecular weight is 559 g/mol. The number of rotatable bonds is 11. The van der Waals surface area contributed by atoms with Gasteiger partial charge in [-0.25, -0.2) is 9.78 Å². The third kappa shape index (κ3) is 9.43. The van der Waals surface area contributed by atoms with Gasteiger partial charge in [-0.2, -0.15) is 30.6 Å². The van der Waals surface area contributed by atoms with Crippen molar-refractivity contribution in [3.63, 3.8) is 0 Å². The van der Waals surface area contributed by atoms with E-state index in [0.717, 1.165) is 26.3 Å². The number of carboxylic acid groups (broad SMARTS) is 2. The zero-order chi connectivity index (χ0) is 28.5. The van der Waals surface area contributed by atoms with Gasteiger partial charge in [0.25, 0.3) is 10.2 Å². The fourth-order valence-corrected chi connectivity index (χ4v) is 4.16. The first kappa shape index (κ1) is 30.7. The lowest BCUT2D eigenvalue weighted by molar-refractivity contribution is -0.192. The number of unbranched alkanes of at least 4 members (excludes halogenated alkanes) is 2. The van der Waals surface area contributed by atoms with Crippen LogP contribution in [0.3, 0.4) is 0 Å². The predicted octanol–water partition coefficient (Wildman–Crippen LogP) is 4.34. The van der Waals surface area contributed by atoms with Gasteiger partial charge in [-0.15, -0.1) is 0 Å². The van der Waals surface area contributed by atoms with Crippen LogP contribution in [0.25, 0.3) is 22.0 Å². The number of alkyl halides is 3. The zero-order valence-electron chi connectivity index (χ0n) is 20.7. The smallest absolute Gasteiger partial charge is 0.481 e. The monoisotopic (exact) mass is 558 g/mol. The summed E-state index contributed by atoms with van der Waals surface area (Å²) in [7, 11) is -0.722.